The van der Waals surface area contributed by atoms with Gasteiger partial charge in [-0.3, -0.25) is 4.79 Å². The number of hydrogen-bond acceptors (Lipinski definition) is 2. The molecule has 1 amide bonds. The van der Waals surface area contributed by atoms with Gasteiger partial charge in [0, 0.05) is 23.0 Å². The number of hydrazone groups is 1. The lowest BCUT2D eigenvalue weighted by Gasteiger charge is -2.13. The molecule has 1 aromatic heterocycles. The van der Waals surface area contributed by atoms with E-state index in [2.05, 4.69) is 28.9 Å². The van der Waals surface area contributed by atoms with Gasteiger partial charge in [-0.2, -0.15) is 5.10 Å². The van der Waals surface area contributed by atoms with Crippen molar-refractivity contribution in [2.24, 2.45) is 5.10 Å². The summed E-state index contributed by atoms with van der Waals surface area (Å²) in [7, 11) is 0. The Balaban J connectivity index is 2.12. The Labute approximate surface area is 129 Å². The number of aromatic nitrogens is 1. The zero-order chi connectivity index (χ0) is 16.3. The highest BCUT2D eigenvalue weighted by Crippen LogP contribution is 2.18. The topological polar surface area (TPSA) is 46.4 Å². The average Bonchev–Trinajstić information content (AvgIpc) is 2.73. The molecule has 0 aliphatic carbocycles. The molecule has 1 aromatic carbocycles. The minimum atomic E-state index is -0.563. The fourth-order valence-corrected chi connectivity index (χ4v) is 2.59. The molecule has 0 saturated heterocycles. The van der Waals surface area contributed by atoms with Crippen LogP contribution in [0.4, 0.5) is 4.39 Å². The number of nitrogens with zero attached hydrogens (tertiary/aromatic N) is 2. The number of rotatable bonds is 4. The first-order chi connectivity index (χ1) is 10.4. The van der Waals surface area contributed by atoms with E-state index in [-0.39, 0.29) is 5.56 Å². The first-order valence-electron chi connectivity index (χ1n) is 7.18. The van der Waals surface area contributed by atoms with Crippen LogP contribution < -0.4 is 5.43 Å². The highest BCUT2D eigenvalue weighted by atomic mass is 19.1. The molecule has 0 unspecified atom stereocenters. The summed E-state index contributed by atoms with van der Waals surface area (Å²) < 4.78 is 15.7. The van der Waals surface area contributed by atoms with E-state index in [0.29, 0.717) is 6.04 Å². The zero-order valence-corrected chi connectivity index (χ0v) is 13.2. The van der Waals surface area contributed by atoms with Gasteiger partial charge in [-0.1, -0.05) is 12.1 Å². The van der Waals surface area contributed by atoms with Crippen molar-refractivity contribution < 1.29 is 9.18 Å². The van der Waals surface area contributed by atoms with Gasteiger partial charge in [0.2, 0.25) is 0 Å². The van der Waals surface area contributed by atoms with E-state index in [0.717, 1.165) is 17.0 Å². The Hall–Kier alpha value is -2.43. The molecule has 0 atom stereocenters. The van der Waals surface area contributed by atoms with Crippen molar-refractivity contribution in [3.8, 4) is 0 Å². The molecule has 0 aliphatic rings. The normalized spacial score (nSPS) is 11.4. The van der Waals surface area contributed by atoms with Gasteiger partial charge >= 0.3 is 0 Å². The van der Waals surface area contributed by atoms with Crippen LogP contribution in [-0.4, -0.2) is 16.7 Å². The largest absolute Gasteiger partial charge is 0.346 e. The second-order valence-corrected chi connectivity index (χ2v) is 5.47. The summed E-state index contributed by atoms with van der Waals surface area (Å²) in [5.74, 6) is -1.12. The van der Waals surface area contributed by atoms with Gasteiger partial charge in [-0.25, -0.2) is 9.82 Å². The summed E-state index contributed by atoms with van der Waals surface area (Å²) in [4.78, 5) is 11.9. The first kappa shape index (κ1) is 15.9. The van der Waals surface area contributed by atoms with E-state index in [1.807, 2.05) is 19.9 Å². The third-order valence-electron chi connectivity index (χ3n) is 3.53. The Morgan fingerprint density at radius 1 is 1.32 bits per heavy atom. The van der Waals surface area contributed by atoms with Crippen molar-refractivity contribution in [3.05, 3.63) is 58.7 Å². The second-order valence-electron chi connectivity index (χ2n) is 5.47. The second kappa shape index (κ2) is 6.56. The van der Waals surface area contributed by atoms with E-state index >= 15 is 0 Å². The summed E-state index contributed by atoms with van der Waals surface area (Å²) in [6, 6.07) is 8.18. The van der Waals surface area contributed by atoms with E-state index in [4.69, 9.17) is 0 Å². The number of amides is 1. The van der Waals surface area contributed by atoms with Gasteiger partial charge in [0.05, 0.1) is 11.8 Å². The quantitative estimate of drug-likeness (QED) is 0.681. The van der Waals surface area contributed by atoms with Crippen LogP contribution in [0.1, 0.15) is 47.2 Å². The standard InChI is InChI=1S/C17H20FN3O/c1-11(2)21-12(3)9-14(13(21)4)10-19-20-17(22)15-7-5-6-8-16(15)18/h5-11H,1-4H3,(H,20,22)/b19-10-. The van der Waals surface area contributed by atoms with Crippen LogP contribution in [0.25, 0.3) is 0 Å². The monoisotopic (exact) mass is 301 g/mol. The summed E-state index contributed by atoms with van der Waals surface area (Å²) in [5, 5.41) is 3.93. The molecule has 1 heterocycles. The van der Waals surface area contributed by atoms with Gasteiger partial charge in [0.25, 0.3) is 5.91 Å². The minimum Gasteiger partial charge on any atom is -0.346 e. The van der Waals surface area contributed by atoms with Gasteiger partial charge in [0.1, 0.15) is 5.82 Å². The van der Waals surface area contributed by atoms with Crippen molar-refractivity contribution in [1.82, 2.24) is 9.99 Å². The number of hydrogen-bond donors (Lipinski definition) is 1. The molecule has 5 heteroatoms. The first-order valence-corrected chi connectivity index (χ1v) is 7.18. The average molecular weight is 301 g/mol. The molecule has 0 bridgehead atoms. The van der Waals surface area contributed by atoms with Gasteiger partial charge in [-0.15, -0.1) is 0 Å². The van der Waals surface area contributed by atoms with E-state index < -0.39 is 11.7 Å². The van der Waals surface area contributed by atoms with Crippen LogP contribution in [0.2, 0.25) is 0 Å². The fraction of sp³-hybridized carbons (Fsp3) is 0.294. The van der Waals surface area contributed by atoms with Gasteiger partial charge in [-0.05, 0) is 45.9 Å². The summed E-state index contributed by atoms with van der Waals surface area (Å²) in [5.41, 5.74) is 5.48. The molecular weight excluding hydrogens is 281 g/mol. The predicted molar refractivity (Wildman–Crippen MR) is 85.8 cm³/mol. The van der Waals surface area contributed by atoms with Crippen LogP contribution in [0, 0.1) is 19.7 Å². The molecule has 0 radical (unpaired) electrons. The number of nitrogens with one attached hydrogen (secondary N) is 1. The molecule has 22 heavy (non-hydrogen) atoms. The Kier molecular flexibility index (Phi) is 4.75. The summed E-state index contributed by atoms with van der Waals surface area (Å²) in [6.45, 7) is 8.26. The lowest BCUT2D eigenvalue weighted by atomic mass is 10.2. The van der Waals surface area contributed by atoms with Crippen LogP contribution in [0.5, 0.6) is 0 Å². The smallest absolute Gasteiger partial charge is 0.274 e. The molecule has 0 aliphatic heterocycles. The number of carbonyl (C=O) groups is 1. The van der Waals surface area contributed by atoms with Crippen LogP contribution in [-0.2, 0) is 0 Å². The van der Waals surface area contributed by atoms with Crippen LogP contribution >= 0.6 is 0 Å². The maximum absolute atomic E-state index is 13.5. The molecular formula is C17H20FN3O. The predicted octanol–water partition coefficient (Wildman–Crippen LogP) is 3.59. The van der Waals surface area contributed by atoms with Crippen molar-refractivity contribution in [2.75, 3.05) is 0 Å². The highest BCUT2D eigenvalue weighted by Gasteiger charge is 2.11. The van der Waals surface area contributed by atoms with Crippen LogP contribution in [0.3, 0.4) is 0 Å². The van der Waals surface area contributed by atoms with Crippen molar-refractivity contribution >= 4 is 12.1 Å². The Morgan fingerprint density at radius 3 is 2.59 bits per heavy atom. The Bertz CT molecular complexity index is 717. The van der Waals surface area contributed by atoms with Gasteiger partial charge < -0.3 is 4.57 Å². The molecule has 2 aromatic rings. The van der Waals surface area contributed by atoms with Crippen molar-refractivity contribution in [3.63, 3.8) is 0 Å². The molecule has 4 nitrogen and oxygen atoms in total. The number of carbonyl (C=O) groups excluding carboxylic acids is 1. The summed E-state index contributed by atoms with van der Waals surface area (Å²) in [6.07, 6.45) is 1.58. The van der Waals surface area contributed by atoms with Crippen LogP contribution in [0.15, 0.2) is 35.4 Å². The zero-order valence-electron chi connectivity index (χ0n) is 13.2. The lowest BCUT2D eigenvalue weighted by Crippen LogP contribution is -2.19. The van der Waals surface area contributed by atoms with Crippen molar-refractivity contribution in [2.45, 2.75) is 33.7 Å². The number of benzene rings is 1. The highest BCUT2D eigenvalue weighted by molar-refractivity contribution is 5.95. The lowest BCUT2D eigenvalue weighted by molar-refractivity contribution is 0.0951. The van der Waals surface area contributed by atoms with Crippen molar-refractivity contribution in [1.29, 1.82) is 0 Å². The number of aryl methyl sites for hydroxylation is 1. The third-order valence-corrected chi connectivity index (χ3v) is 3.53. The fourth-order valence-electron chi connectivity index (χ4n) is 2.59. The molecule has 0 saturated carbocycles. The molecule has 116 valence electrons. The summed E-state index contributed by atoms with van der Waals surface area (Å²) >= 11 is 0. The number of halogens is 1. The SMILES string of the molecule is Cc1cc(/C=N\NC(=O)c2ccccc2F)c(C)n1C(C)C. The van der Waals surface area contributed by atoms with E-state index in [1.54, 1.807) is 12.3 Å². The van der Waals surface area contributed by atoms with E-state index in [9.17, 15) is 9.18 Å². The van der Waals surface area contributed by atoms with E-state index in [1.165, 1.54) is 18.2 Å². The third kappa shape index (κ3) is 3.24. The minimum absolute atomic E-state index is 0.0210. The maximum atomic E-state index is 13.5. The maximum Gasteiger partial charge on any atom is 0.274 e. The van der Waals surface area contributed by atoms with Gasteiger partial charge in [0.15, 0.2) is 0 Å². The Morgan fingerprint density at radius 2 is 2.00 bits per heavy atom. The molecule has 2 rings (SSSR count). The molecule has 1 N–H and O–H groups in total. The molecule has 0 fully saturated rings. The molecule has 0 spiro atoms.